The molecule has 2 atom stereocenters. The zero-order valence-corrected chi connectivity index (χ0v) is 8.24. The molecule has 0 N–H and O–H groups in total. The van der Waals surface area contributed by atoms with E-state index in [9.17, 15) is 12.8 Å². The molecule has 2 nitrogen and oxygen atoms in total. The number of hydrogen-bond donors (Lipinski definition) is 0. The molecule has 0 aliphatic heterocycles. The molecule has 0 aromatic rings. The van der Waals surface area contributed by atoms with Crippen molar-refractivity contribution in [2.45, 2.75) is 31.9 Å². The van der Waals surface area contributed by atoms with Crippen LogP contribution in [0.2, 0.25) is 0 Å². The highest BCUT2D eigenvalue weighted by Gasteiger charge is 2.24. The Morgan fingerprint density at radius 2 is 2.08 bits per heavy atom. The van der Waals surface area contributed by atoms with Gasteiger partial charge < -0.3 is 0 Å². The summed E-state index contributed by atoms with van der Waals surface area (Å²) < 4.78 is 34.1. The Kier molecular flexibility index (Phi) is 3.35. The smallest absolute Gasteiger partial charge is 0.232 e. The summed E-state index contributed by atoms with van der Waals surface area (Å²) in [5.74, 6) is -0.147. The highest BCUT2D eigenvalue weighted by Crippen LogP contribution is 2.27. The third-order valence-electron chi connectivity index (χ3n) is 2.15. The van der Waals surface area contributed by atoms with Crippen LogP contribution in [-0.2, 0) is 9.05 Å². The van der Waals surface area contributed by atoms with Gasteiger partial charge in [-0.2, -0.15) is 0 Å². The Morgan fingerprint density at radius 1 is 1.42 bits per heavy atom. The SMILES string of the molecule is O=S(=O)(Cl)C[C@H]1CCC[C@@H](F)C1. The van der Waals surface area contributed by atoms with Crippen LogP contribution in [0.3, 0.4) is 0 Å². The van der Waals surface area contributed by atoms with Gasteiger partial charge in [0, 0.05) is 10.7 Å². The summed E-state index contributed by atoms with van der Waals surface area (Å²) in [5, 5.41) is 0. The van der Waals surface area contributed by atoms with Gasteiger partial charge in [0.25, 0.3) is 0 Å². The first-order valence-electron chi connectivity index (χ1n) is 4.04. The third kappa shape index (κ3) is 3.72. The first-order chi connectivity index (χ1) is 5.47. The quantitative estimate of drug-likeness (QED) is 0.660. The first kappa shape index (κ1) is 10.3. The molecule has 0 spiro atoms. The van der Waals surface area contributed by atoms with Crippen molar-refractivity contribution in [3.63, 3.8) is 0 Å². The molecule has 1 fully saturated rings. The fourth-order valence-corrected chi connectivity index (χ4v) is 3.06. The molecule has 0 saturated heterocycles. The second-order valence-electron chi connectivity index (χ2n) is 3.34. The average Bonchev–Trinajstić information content (AvgIpc) is 1.82. The lowest BCUT2D eigenvalue weighted by Crippen LogP contribution is -2.21. The van der Waals surface area contributed by atoms with Crippen molar-refractivity contribution in [3.8, 4) is 0 Å². The molecule has 1 aliphatic rings. The standard InChI is InChI=1S/C7H12ClFO2S/c8-12(10,11)5-6-2-1-3-7(9)4-6/h6-7H,1-5H2/t6-,7+/m0/s1. The summed E-state index contributed by atoms with van der Waals surface area (Å²) in [6.45, 7) is 0. The maximum absolute atomic E-state index is 12.8. The lowest BCUT2D eigenvalue weighted by atomic mass is 9.89. The Labute approximate surface area is 76.5 Å². The van der Waals surface area contributed by atoms with Gasteiger partial charge in [0.2, 0.25) is 9.05 Å². The summed E-state index contributed by atoms with van der Waals surface area (Å²) in [5.41, 5.74) is 0. The van der Waals surface area contributed by atoms with Gasteiger partial charge in [-0.1, -0.05) is 6.42 Å². The topological polar surface area (TPSA) is 34.1 Å². The highest BCUT2D eigenvalue weighted by atomic mass is 35.7. The van der Waals surface area contributed by atoms with Crippen molar-refractivity contribution in [2.24, 2.45) is 5.92 Å². The van der Waals surface area contributed by atoms with Gasteiger partial charge in [-0.15, -0.1) is 0 Å². The maximum atomic E-state index is 12.8. The van der Waals surface area contributed by atoms with E-state index in [1.807, 2.05) is 0 Å². The van der Waals surface area contributed by atoms with Crippen LogP contribution in [0, 0.1) is 5.92 Å². The lowest BCUT2D eigenvalue weighted by molar-refractivity contribution is 0.209. The molecule has 0 radical (unpaired) electrons. The Hall–Kier alpha value is 0.170. The lowest BCUT2D eigenvalue weighted by Gasteiger charge is -2.22. The van der Waals surface area contributed by atoms with Crippen molar-refractivity contribution < 1.29 is 12.8 Å². The molecular weight excluding hydrogens is 203 g/mol. The largest absolute Gasteiger partial charge is 0.247 e. The van der Waals surface area contributed by atoms with Gasteiger partial charge >= 0.3 is 0 Å². The number of alkyl halides is 1. The molecule has 0 bridgehead atoms. The van der Waals surface area contributed by atoms with Gasteiger partial charge in [-0.25, -0.2) is 12.8 Å². The first-order valence-corrected chi connectivity index (χ1v) is 6.51. The van der Waals surface area contributed by atoms with Crippen LogP contribution in [0.5, 0.6) is 0 Å². The minimum atomic E-state index is -3.44. The van der Waals surface area contributed by atoms with Gasteiger partial charge in [0.05, 0.1) is 5.75 Å². The van der Waals surface area contributed by atoms with E-state index in [-0.39, 0.29) is 11.7 Å². The molecule has 0 amide bonds. The van der Waals surface area contributed by atoms with Crippen LogP contribution in [0.25, 0.3) is 0 Å². The van der Waals surface area contributed by atoms with E-state index in [0.29, 0.717) is 12.8 Å². The molecule has 1 saturated carbocycles. The van der Waals surface area contributed by atoms with E-state index in [4.69, 9.17) is 10.7 Å². The summed E-state index contributed by atoms with van der Waals surface area (Å²) in [7, 11) is 1.62. The fraction of sp³-hybridized carbons (Fsp3) is 1.00. The molecule has 1 aliphatic carbocycles. The Bertz CT molecular complexity index is 240. The van der Waals surface area contributed by atoms with E-state index < -0.39 is 15.2 Å². The van der Waals surface area contributed by atoms with Gasteiger partial charge in [-0.3, -0.25) is 0 Å². The van der Waals surface area contributed by atoms with Crippen molar-refractivity contribution in [2.75, 3.05) is 5.75 Å². The average molecular weight is 215 g/mol. The molecule has 0 aromatic heterocycles. The summed E-state index contributed by atoms with van der Waals surface area (Å²) in [6, 6.07) is 0. The minimum Gasteiger partial charge on any atom is -0.247 e. The molecule has 1 rings (SSSR count). The predicted molar refractivity (Wildman–Crippen MR) is 46.5 cm³/mol. The third-order valence-corrected chi connectivity index (χ3v) is 3.40. The number of rotatable bonds is 2. The predicted octanol–water partition coefficient (Wildman–Crippen LogP) is 2.08. The molecule has 0 unspecified atom stereocenters. The van der Waals surface area contributed by atoms with Crippen LogP contribution in [0.15, 0.2) is 0 Å². The van der Waals surface area contributed by atoms with Crippen LogP contribution in [0.4, 0.5) is 4.39 Å². The monoisotopic (exact) mass is 214 g/mol. The van der Waals surface area contributed by atoms with Gasteiger partial charge in [-0.05, 0) is 25.2 Å². The van der Waals surface area contributed by atoms with Crippen molar-refractivity contribution >= 4 is 19.7 Å². The Balaban J connectivity index is 2.43. The van der Waals surface area contributed by atoms with Crippen LogP contribution in [0.1, 0.15) is 25.7 Å². The fourth-order valence-electron chi connectivity index (χ4n) is 1.66. The number of halogens is 2. The molecular formula is C7H12ClFO2S. The van der Waals surface area contributed by atoms with E-state index in [1.54, 1.807) is 0 Å². The molecule has 12 heavy (non-hydrogen) atoms. The second kappa shape index (κ2) is 3.92. The van der Waals surface area contributed by atoms with E-state index in [2.05, 4.69) is 0 Å². The van der Waals surface area contributed by atoms with Crippen LogP contribution in [-0.4, -0.2) is 20.3 Å². The highest BCUT2D eigenvalue weighted by molar-refractivity contribution is 8.13. The Morgan fingerprint density at radius 3 is 2.58 bits per heavy atom. The zero-order valence-electron chi connectivity index (χ0n) is 6.67. The maximum Gasteiger partial charge on any atom is 0.232 e. The van der Waals surface area contributed by atoms with Crippen molar-refractivity contribution in [3.05, 3.63) is 0 Å². The second-order valence-corrected chi connectivity index (χ2v) is 6.16. The van der Waals surface area contributed by atoms with Gasteiger partial charge in [0.1, 0.15) is 6.17 Å². The molecule has 0 heterocycles. The summed E-state index contributed by atoms with van der Waals surface area (Å²) in [6.07, 6.45) is 1.65. The van der Waals surface area contributed by atoms with E-state index in [0.717, 1.165) is 12.8 Å². The normalized spacial score (nSPS) is 31.8. The number of hydrogen-bond acceptors (Lipinski definition) is 2. The zero-order chi connectivity index (χ0) is 9.19. The van der Waals surface area contributed by atoms with Crippen LogP contribution >= 0.6 is 10.7 Å². The van der Waals surface area contributed by atoms with E-state index >= 15 is 0 Å². The van der Waals surface area contributed by atoms with Crippen molar-refractivity contribution in [1.29, 1.82) is 0 Å². The summed E-state index contributed by atoms with van der Waals surface area (Å²) >= 11 is 0. The van der Waals surface area contributed by atoms with Crippen molar-refractivity contribution in [1.82, 2.24) is 0 Å². The van der Waals surface area contributed by atoms with Crippen LogP contribution < -0.4 is 0 Å². The van der Waals surface area contributed by atoms with Gasteiger partial charge in [0.15, 0.2) is 0 Å². The molecule has 5 heteroatoms. The molecule has 0 aromatic carbocycles. The minimum absolute atomic E-state index is 0.0729. The van der Waals surface area contributed by atoms with E-state index in [1.165, 1.54) is 0 Å². The molecule has 72 valence electrons. The summed E-state index contributed by atoms with van der Waals surface area (Å²) in [4.78, 5) is 0.